The van der Waals surface area contributed by atoms with Crippen LogP contribution in [0.25, 0.3) is 0 Å². The molecule has 4 aromatic rings. The highest BCUT2D eigenvalue weighted by Crippen LogP contribution is 2.30. The Kier molecular flexibility index (Phi) is 10.1. The Morgan fingerprint density at radius 1 is 0.837 bits per heavy atom. The zero-order chi connectivity index (χ0) is 30.2. The maximum atomic E-state index is 14.0. The minimum Gasteiger partial charge on any atom is -0.492 e. The van der Waals surface area contributed by atoms with Crippen LogP contribution in [0.5, 0.6) is 5.75 Å². The topological polar surface area (TPSA) is 78.9 Å². The van der Waals surface area contributed by atoms with E-state index in [1.165, 1.54) is 29.3 Å². The van der Waals surface area contributed by atoms with Crippen molar-refractivity contribution in [3.05, 3.63) is 131 Å². The van der Waals surface area contributed by atoms with E-state index in [1.807, 2.05) is 73.7 Å². The molecule has 1 N–H and O–H groups in total. The Bertz CT molecular complexity index is 1560. The van der Waals surface area contributed by atoms with Crippen LogP contribution in [0.1, 0.15) is 29.7 Å². The van der Waals surface area contributed by atoms with E-state index in [0.29, 0.717) is 38.5 Å². The molecule has 1 saturated heterocycles. The van der Waals surface area contributed by atoms with Gasteiger partial charge in [0.1, 0.15) is 11.8 Å². The molecule has 0 bridgehead atoms. The number of carbonyl (C=O) groups excluding carboxylic acids is 1. The molecule has 5 rings (SSSR count). The largest absolute Gasteiger partial charge is 0.492 e. The van der Waals surface area contributed by atoms with Crippen LogP contribution in [0.3, 0.4) is 0 Å². The van der Waals surface area contributed by atoms with Crippen molar-refractivity contribution in [3.63, 3.8) is 0 Å². The molecule has 43 heavy (non-hydrogen) atoms. The summed E-state index contributed by atoms with van der Waals surface area (Å²) in [6.45, 7) is 4.50. The highest BCUT2D eigenvalue weighted by molar-refractivity contribution is 7.89. The Morgan fingerprint density at radius 2 is 1.40 bits per heavy atom. The van der Waals surface area contributed by atoms with E-state index in [4.69, 9.17) is 16.3 Å². The number of nitrogens with one attached hydrogen (secondary N) is 1. The number of piperazine rings is 1. The Labute approximate surface area is 259 Å². The van der Waals surface area contributed by atoms with Crippen molar-refractivity contribution in [3.8, 4) is 5.75 Å². The molecule has 0 aromatic heterocycles. The maximum Gasteiger partial charge on any atom is 0.241 e. The molecule has 0 spiro atoms. The average molecular weight is 618 g/mol. The number of hydrogen-bond donors (Lipinski definition) is 1. The first-order valence-electron chi connectivity index (χ1n) is 14.5. The lowest BCUT2D eigenvalue weighted by atomic mass is 9.96. The van der Waals surface area contributed by atoms with Gasteiger partial charge in [-0.3, -0.25) is 9.69 Å². The normalized spacial score (nSPS) is 14.9. The van der Waals surface area contributed by atoms with E-state index in [2.05, 4.69) is 33.9 Å². The number of halogens is 1. The van der Waals surface area contributed by atoms with E-state index < -0.39 is 16.1 Å². The summed E-state index contributed by atoms with van der Waals surface area (Å²) < 4.78 is 35.2. The van der Waals surface area contributed by atoms with Crippen molar-refractivity contribution < 1.29 is 17.9 Å². The van der Waals surface area contributed by atoms with Crippen molar-refractivity contribution in [2.75, 3.05) is 32.8 Å². The average Bonchev–Trinajstić information content (AvgIpc) is 3.03. The lowest BCUT2D eigenvalue weighted by molar-refractivity contribution is -0.135. The molecule has 224 valence electrons. The first-order chi connectivity index (χ1) is 20.9. The number of carbonyl (C=O) groups is 1. The quantitative estimate of drug-likeness (QED) is 0.238. The van der Waals surface area contributed by atoms with Crippen molar-refractivity contribution in [1.82, 2.24) is 14.5 Å². The molecule has 7 nitrogen and oxygen atoms in total. The first-order valence-corrected chi connectivity index (χ1v) is 16.3. The summed E-state index contributed by atoms with van der Waals surface area (Å²) in [5.74, 6) is 0.155. The number of hydrogen-bond acceptors (Lipinski definition) is 5. The highest BCUT2D eigenvalue weighted by atomic mass is 35.5. The minimum atomic E-state index is -4.06. The van der Waals surface area contributed by atoms with Gasteiger partial charge < -0.3 is 9.64 Å². The van der Waals surface area contributed by atoms with Gasteiger partial charge in [-0.25, -0.2) is 8.42 Å². The summed E-state index contributed by atoms with van der Waals surface area (Å²) in [4.78, 5) is 18.1. The molecule has 0 radical (unpaired) electrons. The molecule has 1 aliphatic rings. The molecule has 1 heterocycles. The molecule has 1 fully saturated rings. The van der Waals surface area contributed by atoms with E-state index in [-0.39, 0.29) is 28.3 Å². The summed E-state index contributed by atoms with van der Waals surface area (Å²) in [5.41, 5.74) is 3.24. The second-order valence-corrected chi connectivity index (χ2v) is 12.6. The third-order valence-corrected chi connectivity index (χ3v) is 9.38. The fourth-order valence-corrected chi connectivity index (χ4v) is 7.03. The maximum absolute atomic E-state index is 14.0. The van der Waals surface area contributed by atoms with Crippen molar-refractivity contribution in [2.45, 2.75) is 30.3 Å². The molecule has 0 aliphatic carbocycles. The summed E-state index contributed by atoms with van der Waals surface area (Å²) in [5, 5.41) is 0.193. The standard InChI is InChI=1S/C34H36ClN3O4S/c1-2-42-32-19-18-29(25-30(32)35)43(40,41)36-31(24-26-12-6-3-7-13-26)34(39)38-22-20-37(21-23-38)33(27-14-8-4-9-15-27)28-16-10-5-11-17-28/h3-19,25,31,33,36H,2,20-24H2,1H3/t31-/m1/s1. The lowest BCUT2D eigenvalue weighted by Gasteiger charge is -2.40. The Balaban J connectivity index is 1.34. The van der Waals surface area contributed by atoms with Crippen molar-refractivity contribution in [2.24, 2.45) is 0 Å². The lowest BCUT2D eigenvalue weighted by Crippen LogP contribution is -2.56. The van der Waals surface area contributed by atoms with Gasteiger partial charge in [0.25, 0.3) is 0 Å². The Morgan fingerprint density at radius 3 is 1.93 bits per heavy atom. The zero-order valence-electron chi connectivity index (χ0n) is 24.1. The number of nitrogens with zero attached hydrogens (tertiary/aromatic N) is 2. The molecule has 9 heteroatoms. The van der Waals surface area contributed by atoms with Crippen LogP contribution in [0.4, 0.5) is 0 Å². The third-order valence-electron chi connectivity index (χ3n) is 7.61. The molecule has 1 atom stereocenters. The smallest absolute Gasteiger partial charge is 0.241 e. The van der Waals surface area contributed by atoms with Gasteiger partial charge >= 0.3 is 0 Å². The number of rotatable bonds is 11. The van der Waals surface area contributed by atoms with E-state index in [0.717, 1.165) is 5.56 Å². The summed E-state index contributed by atoms with van der Waals surface area (Å²) in [6.07, 6.45) is 0.223. The first kappa shape index (κ1) is 30.8. The van der Waals surface area contributed by atoms with Crippen LogP contribution in [0.15, 0.2) is 114 Å². The number of ether oxygens (including phenoxy) is 1. The van der Waals surface area contributed by atoms with E-state index in [9.17, 15) is 13.2 Å². The summed E-state index contributed by atoms with van der Waals surface area (Å²) >= 11 is 6.30. The molecule has 0 unspecified atom stereocenters. The SMILES string of the molecule is CCOc1ccc(S(=O)(=O)N[C@H](Cc2ccccc2)C(=O)N2CCN(C(c3ccccc3)c3ccccc3)CC2)cc1Cl. The number of benzene rings is 4. The van der Waals surface area contributed by atoms with Gasteiger partial charge in [0.05, 0.1) is 22.6 Å². The van der Waals surface area contributed by atoms with Crippen LogP contribution in [0.2, 0.25) is 5.02 Å². The van der Waals surface area contributed by atoms with Crippen LogP contribution < -0.4 is 9.46 Å². The summed E-state index contributed by atoms with van der Waals surface area (Å²) in [6, 6.07) is 33.6. The van der Waals surface area contributed by atoms with Crippen LogP contribution in [-0.2, 0) is 21.2 Å². The predicted octanol–water partition coefficient (Wildman–Crippen LogP) is 5.56. The van der Waals surface area contributed by atoms with Crippen molar-refractivity contribution in [1.29, 1.82) is 0 Å². The monoisotopic (exact) mass is 617 g/mol. The molecule has 0 saturated carbocycles. The molecule has 1 amide bonds. The fraction of sp³-hybridized carbons (Fsp3) is 0.265. The second-order valence-electron chi connectivity index (χ2n) is 10.5. The van der Waals surface area contributed by atoms with Crippen LogP contribution in [0, 0.1) is 0 Å². The fourth-order valence-electron chi connectivity index (χ4n) is 5.51. The van der Waals surface area contributed by atoms with Gasteiger partial charge in [-0.05, 0) is 48.2 Å². The van der Waals surface area contributed by atoms with E-state index in [1.54, 1.807) is 4.90 Å². The summed E-state index contributed by atoms with van der Waals surface area (Å²) in [7, 11) is -4.06. The van der Waals surface area contributed by atoms with Crippen LogP contribution in [-0.4, -0.2) is 63.0 Å². The van der Waals surface area contributed by atoms with E-state index >= 15 is 0 Å². The number of sulfonamides is 1. The van der Waals surface area contributed by atoms with Gasteiger partial charge in [0.15, 0.2) is 0 Å². The minimum absolute atomic E-state index is 0.0230. The Hall–Kier alpha value is -3.69. The molecule has 1 aliphatic heterocycles. The number of amides is 1. The van der Waals surface area contributed by atoms with Crippen LogP contribution >= 0.6 is 11.6 Å². The third kappa shape index (κ3) is 7.64. The van der Waals surface area contributed by atoms with Gasteiger partial charge in [-0.15, -0.1) is 0 Å². The highest BCUT2D eigenvalue weighted by Gasteiger charge is 2.33. The predicted molar refractivity (Wildman–Crippen MR) is 170 cm³/mol. The second kappa shape index (κ2) is 14.2. The van der Waals surface area contributed by atoms with Gasteiger partial charge in [0, 0.05) is 26.2 Å². The van der Waals surface area contributed by atoms with Gasteiger partial charge in [0.2, 0.25) is 15.9 Å². The van der Waals surface area contributed by atoms with Gasteiger partial charge in [-0.1, -0.05) is 103 Å². The molecular weight excluding hydrogens is 582 g/mol. The van der Waals surface area contributed by atoms with Gasteiger partial charge in [-0.2, -0.15) is 4.72 Å². The molecule has 4 aromatic carbocycles. The zero-order valence-corrected chi connectivity index (χ0v) is 25.7. The van der Waals surface area contributed by atoms with Crippen molar-refractivity contribution >= 4 is 27.5 Å². The molecular formula is C34H36ClN3O4S.